The number of hydrogen-bond donors (Lipinski definition) is 0. The maximum atomic E-state index is 13.8. The Hall–Kier alpha value is -1.99. The monoisotopic (exact) mass is 354 g/mol. The molecule has 0 aliphatic heterocycles. The third kappa shape index (κ3) is 8.09. The molecule has 1 rings (SSSR count). The highest BCUT2D eigenvalue weighted by atomic mass is 19.1. The third-order valence-electron chi connectivity index (χ3n) is 3.31. The van der Waals surface area contributed by atoms with Gasteiger partial charge in [0.2, 0.25) is 0 Å². The summed E-state index contributed by atoms with van der Waals surface area (Å²) in [4.78, 5) is 30.6. The molecule has 1 aromatic carbocycles. The molecule has 0 heterocycles. The standard InChI is InChI=1S/C18H27FN2O4/c1-18(2,3)25-17(23)21(12-14-9-7-6-8-10-14)13-15(22)11-16(19)20(4)24-5/h6-10,16H,11-13H2,1-5H3. The maximum Gasteiger partial charge on any atom is 0.410 e. The van der Waals surface area contributed by atoms with Crippen molar-refractivity contribution in [1.29, 1.82) is 0 Å². The van der Waals surface area contributed by atoms with Gasteiger partial charge >= 0.3 is 6.09 Å². The molecular weight excluding hydrogens is 327 g/mol. The molecule has 6 nitrogen and oxygen atoms in total. The molecule has 0 bridgehead atoms. The Bertz CT molecular complexity index is 560. The molecule has 1 atom stereocenters. The van der Waals surface area contributed by atoms with E-state index in [0.29, 0.717) is 0 Å². The molecule has 1 aromatic rings. The van der Waals surface area contributed by atoms with Crippen LogP contribution in [0.4, 0.5) is 9.18 Å². The fraction of sp³-hybridized carbons (Fsp3) is 0.556. The van der Waals surface area contributed by atoms with Crippen molar-refractivity contribution in [2.75, 3.05) is 20.7 Å². The fourth-order valence-electron chi connectivity index (χ4n) is 2.02. The van der Waals surface area contributed by atoms with E-state index in [2.05, 4.69) is 0 Å². The highest BCUT2D eigenvalue weighted by molar-refractivity contribution is 5.84. The van der Waals surface area contributed by atoms with E-state index < -0.39 is 23.8 Å². The SMILES string of the molecule is CON(C)C(F)CC(=O)CN(Cc1ccccc1)C(=O)OC(C)(C)C. The second kappa shape index (κ2) is 9.48. The number of ketones is 1. The summed E-state index contributed by atoms with van der Waals surface area (Å²) in [5, 5.41) is 0.951. The van der Waals surface area contributed by atoms with Crippen LogP contribution in [0.25, 0.3) is 0 Å². The second-order valence-electron chi connectivity index (χ2n) is 6.73. The number of ether oxygens (including phenoxy) is 1. The number of amides is 1. The lowest BCUT2D eigenvalue weighted by molar-refractivity contribution is -0.180. The number of halogens is 1. The van der Waals surface area contributed by atoms with Gasteiger partial charge < -0.3 is 4.74 Å². The van der Waals surface area contributed by atoms with E-state index >= 15 is 0 Å². The lowest BCUT2D eigenvalue weighted by Gasteiger charge is -2.27. The van der Waals surface area contributed by atoms with E-state index in [1.165, 1.54) is 19.1 Å². The van der Waals surface area contributed by atoms with Crippen LogP contribution in [0.2, 0.25) is 0 Å². The molecule has 25 heavy (non-hydrogen) atoms. The van der Waals surface area contributed by atoms with Gasteiger partial charge in [0.1, 0.15) is 5.60 Å². The van der Waals surface area contributed by atoms with Gasteiger partial charge in [-0.2, -0.15) is 5.06 Å². The molecule has 1 amide bonds. The first-order chi connectivity index (χ1) is 11.6. The molecule has 0 spiro atoms. The van der Waals surface area contributed by atoms with Crippen molar-refractivity contribution in [1.82, 2.24) is 9.96 Å². The minimum Gasteiger partial charge on any atom is -0.444 e. The molecule has 1 unspecified atom stereocenters. The van der Waals surface area contributed by atoms with Crippen molar-refractivity contribution in [2.45, 2.75) is 45.6 Å². The summed E-state index contributed by atoms with van der Waals surface area (Å²) in [6.07, 6.45) is -2.56. The van der Waals surface area contributed by atoms with Crippen LogP contribution in [0.15, 0.2) is 30.3 Å². The molecule has 0 N–H and O–H groups in total. The first kappa shape index (κ1) is 21.1. The zero-order valence-electron chi connectivity index (χ0n) is 15.5. The number of carbonyl (C=O) groups is 2. The van der Waals surface area contributed by atoms with Gasteiger partial charge in [0.05, 0.1) is 20.1 Å². The van der Waals surface area contributed by atoms with Gasteiger partial charge in [-0.3, -0.25) is 14.5 Å². The number of hydrogen-bond acceptors (Lipinski definition) is 5. The molecule has 0 aromatic heterocycles. The number of alkyl halides is 1. The molecule has 0 radical (unpaired) electrons. The average Bonchev–Trinajstić information content (AvgIpc) is 2.52. The van der Waals surface area contributed by atoms with Gasteiger partial charge in [-0.05, 0) is 26.3 Å². The molecule has 0 saturated heterocycles. The molecule has 0 saturated carbocycles. The third-order valence-corrected chi connectivity index (χ3v) is 3.31. The quantitative estimate of drug-likeness (QED) is 0.530. The summed E-state index contributed by atoms with van der Waals surface area (Å²) in [7, 11) is 2.72. The fourth-order valence-corrected chi connectivity index (χ4v) is 2.02. The van der Waals surface area contributed by atoms with Crippen LogP contribution in [0.1, 0.15) is 32.8 Å². The van der Waals surface area contributed by atoms with Crippen LogP contribution in [-0.2, 0) is 20.9 Å². The van der Waals surface area contributed by atoms with Crippen molar-refractivity contribution in [3.05, 3.63) is 35.9 Å². The highest BCUT2D eigenvalue weighted by Crippen LogP contribution is 2.14. The minimum atomic E-state index is -1.57. The maximum absolute atomic E-state index is 13.8. The van der Waals surface area contributed by atoms with Crippen LogP contribution in [0.3, 0.4) is 0 Å². The predicted octanol–water partition coefficient (Wildman–Crippen LogP) is 3.17. The predicted molar refractivity (Wildman–Crippen MR) is 92.4 cm³/mol. The summed E-state index contributed by atoms with van der Waals surface area (Å²) in [5.74, 6) is -0.418. The van der Waals surface area contributed by atoms with Gasteiger partial charge in [0, 0.05) is 13.6 Å². The summed E-state index contributed by atoms with van der Waals surface area (Å²) < 4.78 is 19.2. The van der Waals surface area contributed by atoms with Crippen molar-refractivity contribution >= 4 is 11.9 Å². The van der Waals surface area contributed by atoms with E-state index in [1.54, 1.807) is 20.8 Å². The number of hydroxylamine groups is 2. The van der Waals surface area contributed by atoms with Gasteiger partial charge in [0.25, 0.3) is 0 Å². The molecule has 0 aliphatic carbocycles. The lowest BCUT2D eigenvalue weighted by Crippen LogP contribution is -2.40. The molecule has 140 valence electrons. The minimum absolute atomic E-state index is 0.207. The van der Waals surface area contributed by atoms with Crippen LogP contribution in [0.5, 0.6) is 0 Å². The first-order valence-corrected chi connectivity index (χ1v) is 8.07. The van der Waals surface area contributed by atoms with Crippen LogP contribution in [0, 0.1) is 0 Å². The Morgan fingerprint density at radius 1 is 1.20 bits per heavy atom. The second-order valence-corrected chi connectivity index (χ2v) is 6.73. The summed E-state index contributed by atoms with van der Waals surface area (Å²) in [6.45, 7) is 5.22. The van der Waals surface area contributed by atoms with E-state index in [4.69, 9.17) is 9.57 Å². The Morgan fingerprint density at radius 3 is 2.32 bits per heavy atom. The number of benzene rings is 1. The number of rotatable bonds is 8. The largest absolute Gasteiger partial charge is 0.444 e. The summed E-state index contributed by atoms with van der Waals surface area (Å²) in [6, 6.07) is 9.24. The number of Topliss-reactive ketones (excluding diaryl/α,β-unsaturated/α-hetero) is 1. The van der Waals surface area contributed by atoms with E-state index in [9.17, 15) is 14.0 Å². The van der Waals surface area contributed by atoms with E-state index in [-0.39, 0.29) is 19.5 Å². The summed E-state index contributed by atoms with van der Waals surface area (Å²) >= 11 is 0. The van der Waals surface area contributed by atoms with Gasteiger partial charge in [-0.1, -0.05) is 30.3 Å². The summed E-state index contributed by atoms with van der Waals surface area (Å²) in [5.41, 5.74) is 0.167. The zero-order valence-corrected chi connectivity index (χ0v) is 15.5. The van der Waals surface area contributed by atoms with Crippen molar-refractivity contribution in [3.8, 4) is 0 Å². The Balaban J connectivity index is 2.80. The normalized spacial score (nSPS) is 12.8. The van der Waals surface area contributed by atoms with Gasteiger partial charge in [-0.25, -0.2) is 9.18 Å². The smallest absolute Gasteiger partial charge is 0.410 e. The highest BCUT2D eigenvalue weighted by Gasteiger charge is 2.26. The average molecular weight is 354 g/mol. The number of nitrogens with zero attached hydrogens (tertiary/aromatic N) is 2. The van der Waals surface area contributed by atoms with Crippen LogP contribution >= 0.6 is 0 Å². The number of carbonyl (C=O) groups excluding carboxylic acids is 2. The van der Waals surface area contributed by atoms with Crippen LogP contribution in [-0.4, -0.2) is 54.4 Å². The molecular formula is C18H27FN2O4. The van der Waals surface area contributed by atoms with Gasteiger partial charge in [-0.15, -0.1) is 0 Å². The van der Waals surface area contributed by atoms with Crippen LogP contribution < -0.4 is 0 Å². The van der Waals surface area contributed by atoms with Crippen molar-refractivity contribution in [2.24, 2.45) is 0 Å². The van der Waals surface area contributed by atoms with Crippen molar-refractivity contribution in [3.63, 3.8) is 0 Å². The Labute approximate surface area is 148 Å². The Kier molecular flexibility index (Phi) is 7.99. The van der Waals surface area contributed by atoms with Crippen molar-refractivity contribution < 1.29 is 23.6 Å². The molecule has 0 aliphatic rings. The van der Waals surface area contributed by atoms with E-state index in [0.717, 1.165) is 10.6 Å². The molecule has 0 fully saturated rings. The van der Waals surface area contributed by atoms with Gasteiger partial charge in [0.15, 0.2) is 12.1 Å². The first-order valence-electron chi connectivity index (χ1n) is 8.07. The van der Waals surface area contributed by atoms with E-state index in [1.807, 2.05) is 30.3 Å². The zero-order chi connectivity index (χ0) is 19.0. The lowest BCUT2D eigenvalue weighted by atomic mass is 10.2. The topological polar surface area (TPSA) is 59.1 Å². The Morgan fingerprint density at radius 2 is 1.80 bits per heavy atom. The molecule has 7 heteroatoms.